The van der Waals surface area contributed by atoms with E-state index < -0.39 is 10.0 Å². The molecule has 6 heteroatoms. The number of hydrogen-bond donors (Lipinski definition) is 1. The maximum atomic E-state index is 12.8. The highest BCUT2D eigenvalue weighted by Crippen LogP contribution is 2.41. The van der Waals surface area contributed by atoms with E-state index in [1.807, 2.05) is 25.1 Å². The van der Waals surface area contributed by atoms with Crippen molar-refractivity contribution < 1.29 is 13.2 Å². The monoisotopic (exact) mass is 378 g/mol. The minimum Gasteiger partial charge on any atom is -0.349 e. The van der Waals surface area contributed by atoms with Gasteiger partial charge < -0.3 is 5.32 Å². The molecule has 0 spiro atoms. The van der Waals surface area contributed by atoms with Crippen molar-refractivity contribution in [1.29, 1.82) is 0 Å². The normalized spacial score (nSPS) is 20.7. The number of sulfonamides is 1. The first-order chi connectivity index (χ1) is 12.5. The Morgan fingerprint density at radius 2 is 1.81 bits per heavy atom. The fraction of sp³-hybridized carbons (Fsp3) is 0.650. The first kappa shape index (κ1) is 19.4. The van der Waals surface area contributed by atoms with Crippen LogP contribution in [-0.2, 0) is 14.8 Å². The van der Waals surface area contributed by atoms with Crippen LogP contribution in [0.2, 0.25) is 0 Å². The summed E-state index contributed by atoms with van der Waals surface area (Å²) in [5.41, 5.74) is 1.17. The Labute approximate surface area is 157 Å². The highest BCUT2D eigenvalue weighted by molar-refractivity contribution is 7.89. The molecule has 1 amide bonds. The Hall–Kier alpha value is -1.40. The van der Waals surface area contributed by atoms with Gasteiger partial charge in [0, 0.05) is 19.0 Å². The van der Waals surface area contributed by atoms with E-state index in [1.165, 1.54) is 5.56 Å². The number of carbonyl (C=O) groups excluding carboxylic acids is 1. The second kappa shape index (κ2) is 8.53. The Balaban J connectivity index is 1.55. The molecule has 2 fully saturated rings. The molecule has 2 aliphatic rings. The van der Waals surface area contributed by atoms with Crippen molar-refractivity contribution in [1.82, 2.24) is 9.62 Å². The molecule has 0 aromatic heterocycles. The molecule has 1 atom stereocenters. The summed E-state index contributed by atoms with van der Waals surface area (Å²) in [4.78, 5) is 12.8. The van der Waals surface area contributed by atoms with Crippen LogP contribution in [0.1, 0.15) is 57.1 Å². The number of hydrogen-bond acceptors (Lipinski definition) is 3. The number of nitrogens with zero attached hydrogens (tertiary/aromatic N) is 1. The minimum absolute atomic E-state index is 0.0800. The number of carbonyl (C=O) groups is 1. The van der Waals surface area contributed by atoms with Gasteiger partial charge in [0.05, 0.1) is 11.8 Å². The fourth-order valence-corrected chi connectivity index (χ4v) is 5.37. The van der Waals surface area contributed by atoms with Crippen LogP contribution < -0.4 is 5.32 Å². The maximum absolute atomic E-state index is 12.8. The van der Waals surface area contributed by atoms with Gasteiger partial charge in [-0.25, -0.2) is 12.7 Å². The third-order valence-electron chi connectivity index (χ3n) is 5.52. The lowest BCUT2D eigenvalue weighted by Gasteiger charge is -2.31. The van der Waals surface area contributed by atoms with Crippen LogP contribution in [0.4, 0.5) is 0 Å². The van der Waals surface area contributed by atoms with Gasteiger partial charge in [0.15, 0.2) is 0 Å². The standard InChI is InChI=1S/C20H30N2O3S/c1-2-3-15-26(24,25)22-13-11-18(12-14-22)20(23)21-19(17-9-10-17)16-7-5-4-6-8-16/h4-8,17-19H,2-3,9-15H2,1H3,(H,21,23). The number of rotatable bonds is 8. The highest BCUT2D eigenvalue weighted by atomic mass is 32.2. The molecule has 144 valence electrons. The molecule has 0 bridgehead atoms. The molecule has 1 unspecified atom stereocenters. The molecule has 5 nitrogen and oxygen atoms in total. The van der Waals surface area contributed by atoms with Crippen LogP contribution in [0, 0.1) is 11.8 Å². The molecule has 1 N–H and O–H groups in total. The predicted molar refractivity (Wildman–Crippen MR) is 103 cm³/mol. The molecule has 1 heterocycles. The average Bonchev–Trinajstić information content (AvgIpc) is 3.50. The molecular formula is C20H30N2O3S. The molecular weight excluding hydrogens is 348 g/mol. The van der Waals surface area contributed by atoms with Crippen molar-refractivity contribution in [2.75, 3.05) is 18.8 Å². The first-order valence-electron chi connectivity index (χ1n) is 9.84. The van der Waals surface area contributed by atoms with Gasteiger partial charge in [-0.2, -0.15) is 0 Å². The predicted octanol–water partition coefficient (Wildman–Crippen LogP) is 3.10. The second-order valence-corrected chi connectivity index (χ2v) is 9.67. The summed E-state index contributed by atoms with van der Waals surface area (Å²) in [6.07, 6.45) is 5.12. The van der Waals surface area contributed by atoms with Gasteiger partial charge in [-0.05, 0) is 43.6 Å². The summed E-state index contributed by atoms with van der Waals surface area (Å²) < 4.78 is 26.2. The fourth-order valence-electron chi connectivity index (χ4n) is 3.69. The number of piperidine rings is 1. The number of benzene rings is 1. The van der Waals surface area contributed by atoms with Gasteiger partial charge in [0.1, 0.15) is 0 Å². The van der Waals surface area contributed by atoms with E-state index in [4.69, 9.17) is 0 Å². The second-order valence-electron chi connectivity index (χ2n) is 7.58. The molecule has 1 saturated carbocycles. The van der Waals surface area contributed by atoms with E-state index >= 15 is 0 Å². The third-order valence-corrected chi connectivity index (χ3v) is 7.48. The van der Waals surface area contributed by atoms with Gasteiger partial charge in [-0.15, -0.1) is 0 Å². The van der Waals surface area contributed by atoms with E-state index in [0.717, 1.165) is 19.3 Å². The Morgan fingerprint density at radius 1 is 1.15 bits per heavy atom. The summed E-state index contributed by atoms with van der Waals surface area (Å²) in [6, 6.07) is 10.3. The van der Waals surface area contributed by atoms with E-state index in [0.29, 0.717) is 38.3 Å². The van der Waals surface area contributed by atoms with E-state index in [-0.39, 0.29) is 23.6 Å². The lowest BCUT2D eigenvalue weighted by Crippen LogP contribution is -2.44. The molecule has 1 aliphatic heterocycles. The zero-order valence-corrected chi connectivity index (χ0v) is 16.4. The molecule has 3 rings (SSSR count). The summed E-state index contributed by atoms with van der Waals surface area (Å²) in [6.45, 7) is 2.92. The average molecular weight is 379 g/mol. The van der Waals surface area contributed by atoms with Crippen molar-refractivity contribution >= 4 is 15.9 Å². The molecule has 1 aromatic carbocycles. The van der Waals surface area contributed by atoms with Crippen LogP contribution in [-0.4, -0.2) is 37.5 Å². The molecule has 1 aromatic rings. The number of nitrogens with one attached hydrogen (secondary N) is 1. The van der Waals surface area contributed by atoms with E-state index in [2.05, 4.69) is 17.4 Å². The summed E-state index contributed by atoms with van der Waals surface area (Å²) in [5.74, 6) is 0.753. The van der Waals surface area contributed by atoms with Crippen LogP contribution in [0.25, 0.3) is 0 Å². The molecule has 1 aliphatic carbocycles. The highest BCUT2D eigenvalue weighted by Gasteiger charge is 2.36. The Bertz CT molecular complexity index is 693. The van der Waals surface area contributed by atoms with Crippen LogP contribution in [0.15, 0.2) is 30.3 Å². The van der Waals surface area contributed by atoms with Crippen LogP contribution >= 0.6 is 0 Å². The smallest absolute Gasteiger partial charge is 0.223 e. The Morgan fingerprint density at radius 3 is 2.38 bits per heavy atom. The molecule has 26 heavy (non-hydrogen) atoms. The maximum Gasteiger partial charge on any atom is 0.223 e. The third kappa shape index (κ3) is 4.86. The van der Waals surface area contributed by atoms with Crippen molar-refractivity contribution in [3.8, 4) is 0 Å². The van der Waals surface area contributed by atoms with Gasteiger partial charge in [0.25, 0.3) is 0 Å². The lowest BCUT2D eigenvalue weighted by atomic mass is 9.95. The summed E-state index contributed by atoms with van der Waals surface area (Å²) in [5, 5.41) is 3.25. The quantitative estimate of drug-likeness (QED) is 0.756. The summed E-state index contributed by atoms with van der Waals surface area (Å²) in [7, 11) is -3.16. The number of amides is 1. The van der Waals surface area contributed by atoms with Crippen LogP contribution in [0.5, 0.6) is 0 Å². The van der Waals surface area contributed by atoms with Crippen molar-refractivity contribution in [3.05, 3.63) is 35.9 Å². The van der Waals surface area contributed by atoms with Crippen LogP contribution in [0.3, 0.4) is 0 Å². The molecule has 1 saturated heterocycles. The number of unbranched alkanes of at least 4 members (excludes halogenated alkanes) is 1. The van der Waals surface area contributed by atoms with Crippen molar-refractivity contribution in [3.63, 3.8) is 0 Å². The SMILES string of the molecule is CCCCS(=O)(=O)N1CCC(C(=O)NC(c2ccccc2)C2CC2)CC1. The van der Waals surface area contributed by atoms with Gasteiger partial charge in [-0.1, -0.05) is 43.7 Å². The minimum atomic E-state index is -3.16. The topological polar surface area (TPSA) is 66.5 Å². The zero-order valence-electron chi connectivity index (χ0n) is 15.6. The van der Waals surface area contributed by atoms with Gasteiger partial charge >= 0.3 is 0 Å². The van der Waals surface area contributed by atoms with Crippen molar-refractivity contribution in [2.24, 2.45) is 11.8 Å². The zero-order chi connectivity index (χ0) is 18.6. The largest absolute Gasteiger partial charge is 0.349 e. The molecule has 0 radical (unpaired) electrons. The van der Waals surface area contributed by atoms with E-state index in [9.17, 15) is 13.2 Å². The van der Waals surface area contributed by atoms with Crippen molar-refractivity contribution in [2.45, 2.75) is 51.5 Å². The van der Waals surface area contributed by atoms with E-state index in [1.54, 1.807) is 4.31 Å². The first-order valence-corrected chi connectivity index (χ1v) is 11.5. The van der Waals surface area contributed by atoms with Gasteiger partial charge in [0.2, 0.25) is 15.9 Å². The van der Waals surface area contributed by atoms with Gasteiger partial charge in [-0.3, -0.25) is 4.79 Å². The summed E-state index contributed by atoms with van der Waals surface area (Å²) >= 11 is 0. The Kier molecular flexibility index (Phi) is 6.35. The lowest BCUT2D eigenvalue weighted by molar-refractivity contribution is -0.127.